The molecular formula is C21H33FN4O2. The summed E-state index contributed by atoms with van der Waals surface area (Å²) in [6.07, 6.45) is 3.30. The Morgan fingerprint density at radius 3 is 2.43 bits per heavy atom. The maximum Gasteiger partial charge on any atom is 0.250 e. The molecule has 1 heterocycles. The molecule has 1 fully saturated rings. The highest BCUT2D eigenvalue weighted by Crippen LogP contribution is 2.22. The van der Waals surface area contributed by atoms with E-state index in [2.05, 4.69) is 31.0 Å². The highest BCUT2D eigenvalue weighted by atomic mass is 19.1. The molecule has 1 aliphatic rings. The third-order valence-corrected chi connectivity index (χ3v) is 5.13. The molecule has 28 heavy (non-hydrogen) atoms. The Labute approximate surface area is 167 Å². The first-order chi connectivity index (χ1) is 13.3. The van der Waals surface area contributed by atoms with E-state index in [0.29, 0.717) is 44.3 Å². The fourth-order valence-electron chi connectivity index (χ4n) is 3.56. The van der Waals surface area contributed by atoms with Crippen LogP contribution in [0.3, 0.4) is 0 Å². The number of carbonyl (C=O) groups excluding carboxylic acids is 2. The highest BCUT2D eigenvalue weighted by Gasteiger charge is 2.22. The van der Waals surface area contributed by atoms with Crippen LogP contribution in [0.2, 0.25) is 0 Å². The molecular weight excluding hydrogens is 359 g/mol. The molecule has 0 bridgehead atoms. The van der Waals surface area contributed by atoms with Crippen LogP contribution < -0.4 is 16.0 Å². The lowest BCUT2D eigenvalue weighted by Gasteiger charge is -2.36. The van der Waals surface area contributed by atoms with Gasteiger partial charge >= 0.3 is 0 Å². The van der Waals surface area contributed by atoms with E-state index in [-0.39, 0.29) is 17.5 Å². The van der Waals surface area contributed by atoms with Crippen molar-refractivity contribution in [3.05, 3.63) is 29.6 Å². The summed E-state index contributed by atoms with van der Waals surface area (Å²) < 4.78 is 13.4. The summed E-state index contributed by atoms with van der Waals surface area (Å²) in [5.41, 5.74) is 6.23. The lowest BCUT2D eigenvalue weighted by atomic mass is 10.0. The van der Waals surface area contributed by atoms with E-state index < -0.39 is 11.7 Å². The van der Waals surface area contributed by atoms with E-state index >= 15 is 0 Å². The van der Waals surface area contributed by atoms with Crippen molar-refractivity contribution >= 4 is 17.5 Å². The van der Waals surface area contributed by atoms with Crippen LogP contribution in [0.1, 0.15) is 50.4 Å². The van der Waals surface area contributed by atoms with Crippen molar-refractivity contribution in [1.29, 1.82) is 0 Å². The molecule has 1 saturated heterocycles. The van der Waals surface area contributed by atoms with Crippen LogP contribution in [0.15, 0.2) is 18.2 Å². The van der Waals surface area contributed by atoms with Gasteiger partial charge in [0.25, 0.3) is 5.91 Å². The molecule has 1 unspecified atom stereocenters. The lowest BCUT2D eigenvalue weighted by Crippen LogP contribution is -2.50. The van der Waals surface area contributed by atoms with Gasteiger partial charge in [-0.25, -0.2) is 4.39 Å². The molecule has 6 nitrogen and oxygen atoms in total. The van der Waals surface area contributed by atoms with Crippen molar-refractivity contribution in [3.8, 4) is 0 Å². The first-order valence-corrected chi connectivity index (χ1v) is 10.1. The summed E-state index contributed by atoms with van der Waals surface area (Å²) in [4.78, 5) is 28.0. The summed E-state index contributed by atoms with van der Waals surface area (Å²) in [6, 6.07) is 4.29. The number of rotatable bonds is 9. The minimum atomic E-state index is -0.636. The second-order valence-corrected chi connectivity index (χ2v) is 8.08. The fraction of sp³-hybridized carbons (Fsp3) is 0.619. The fourth-order valence-corrected chi connectivity index (χ4v) is 3.56. The zero-order valence-corrected chi connectivity index (χ0v) is 17.2. The molecule has 1 aromatic rings. The zero-order valence-electron chi connectivity index (χ0n) is 17.2. The van der Waals surface area contributed by atoms with Crippen molar-refractivity contribution in [1.82, 2.24) is 10.2 Å². The molecule has 1 atom stereocenters. The lowest BCUT2D eigenvalue weighted by molar-refractivity contribution is -0.123. The third-order valence-electron chi connectivity index (χ3n) is 5.13. The Bertz CT molecular complexity index is 672. The smallest absolute Gasteiger partial charge is 0.250 e. The number of hydrogen-bond acceptors (Lipinski definition) is 4. The van der Waals surface area contributed by atoms with Gasteiger partial charge in [0.05, 0.1) is 12.1 Å². The zero-order chi connectivity index (χ0) is 20.7. The summed E-state index contributed by atoms with van der Waals surface area (Å²) in [7, 11) is 0. The van der Waals surface area contributed by atoms with Crippen LogP contribution in [0.25, 0.3) is 0 Å². The van der Waals surface area contributed by atoms with Crippen molar-refractivity contribution in [2.75, 3.05) is 37.6 Å². The number of nitrogens with one attached hydrogen (secondary N) is 1. The van der Waals surface area contributed by atoms with E-state index in [1.54, 1.807) is 6.07 Å². The second kappa shape index (κ2) is 10.4. The standard InChI is InChI=1S/C21H33FN4O2/c1-15(2)5-4-6-16(3)24-20(27)14-25-9-11-26(12-10-25)19-8-7-17(22)13-18(19)21(23)28/h7-8,13,15-16H,4-6,9-12,14H2,1-3H3,(H2,23,28)(H,24,27). The van der Waals surface area contributed by atoms with Crippen molar-refractivity contribution in [2.45, 2.75) is 46.1 Å². The van der Waals surface area contributed by atoms with E-state index in [1.807, 2.05) is 4.90 Å². The average Bonchev–Trinajstić information content (AvgIpc) is 2.62. The van der Waals surface area contributed by atoms with Gasteiger partial charge in [-0.3, -0.25) is 14.5 Å². The van der Waals surface area contributed by atoms with Gasteiger partial charge in [-0.15, -0.1) is 0 Å². The number of piperazine rings is 1. The minimum Gasteiger partial charge on any atom is -0.368 e. The van der Waals surface area contributed by atoms with Gasteiger partial charge in [0, 0.05) is 37.9 Å². The number of primary amides is 1. The SMILES string of the molecule is CC(C)CCCC(C)NC(=O)CN1CCN(c2ccc(F)cc2C(N)=O)CC1. The number of hydrogen-bond donors (Lipinski definition) is 2. The minimum absolute atomic E-state index is 0.0464. The van der Waals surface area contributed by atoms with Crippen molar-refractivity contribution in [3.63, 3.8) is 0 Å². The summed E-state index contributed by atoms with van der Waals surface area (Å²) in [6.45, 7) is 9.55. The largest absolute Gasteiger partial charge is 0.368 e. The Balaban J connectivity index is 1.79. The Morgan fingerprint density at radius 2 is 1.82 bits per heavy atom. The van der Waals surface area contributed by atoms with E-state index in [1.165, 1.54) is 18.6 Å². The van der Waals surface area contributed by atoms with Gasteiger partial charge in [-0.05, 0) is 37.5 Å². The van der Waals surface area contributed by atoms with Gasteiger partial charge in [0.15, 0.2) is 0 Å². The number of amides is 2. The second-order valence-electron chi connectivity index (χ2n) is 8.08. The number of nitrogens with zero attached hydrogens (tertiary/aromatic N) is 2. The van der Waals surface area contributed by atoms with Gasteiger partial charge in [-0.2, -0.15) is 0 Å². The van der Waals surface area contributed by atoms with E-state index in [4.69, 9.17) is 5.73 Å². The molecule has 3 N–H and O–H groups in total. The molecule has 2 rings (SSSR count). The Kier molecular flexibility index (Phi) is 8.23. The van der Waals surface area contributed by atoms with Gasteiger partial charge < -0.3 is 16.0 Å². The molecule has 0 saturated carbocycles. The Hall–Kier alpha value is -2.15. The number of anilines is 1. The molecule has 2 amide bonds. The summed E-state index contributed by atoms with van der Waals surface area (Å²) in [5, 5.41) is 3.08. The highest BCUT2D eigenvalue weighted by molar-refractivity contribution is 5.98. The van der Waals surface area contributed by atoms with Gasteiger partial charge in [0.2, 0.25) is 5.91 Å². The van der Waals surface area contributed by atoms with Gasteiger partial charge in [-0.1, -0.05) is 26.7 Å². The van der Waals surface area contributed by atoms with E-state index in [9.17, 15) is 14.0 Å². The van der Waals surface area contributed by atoms with Crippen LogP contribution in [0.4, 0.5) is 10.1 Å². The van der Waals surface area contributed by atoms with Crippen LogP contribution >= 0.6 is 0 Å². The average molecular weight is 393 g/mol. The molecule has 1 aromatic carbocycles. The molecule has 0 spiro atoms. The molecule has 7 heteroatoms. The Morgan fingerprint density at radius 1 is 1.14 bits per heavy atom. The predicted molar refractivity (Wildman–Crippen MR) is 110 cm³/mol. The van der Waals surface area contributed by atoms with Crippen LogP contribution in [0, 0.1) is 11.7 Å². The summed E-state index contributed by atoms with van der Waals surface area (Å²) in [5.74, 6) is -0.376. The predicted octanol–water partition coefficient (Wildman–Crippen LogP) is 2.38. The number of nitrogens with two attached hydrogens (primary N) is 1. The van der Waals surface area contributed by atoms with E-state index in [0.717, 1.165) is 12.8 Å². The maximum atomic E-state index is 13.4. The first kappa shape index (κ1) is 22.1. The number of carbonyl (C=O) groups is 2. The van der Waals surface area contributed by atoms with Crippen LogP contribution in [0.5, 0.6) is 0 Å². The van der Waals surface area contributed by atoms with Crippen LogP contribution in [-0.2, 0) is 4.79 Å². The van der Waals surface area contributed by atoms with Crippen molar-refractivity contribution < 1.29 is 14.0 Å². The van der Waals surface area contributed by atoms with Crippen molar-refractivity contribution in [2.24, 2.45) is 11.7 Å². The maximum absolute atomic E-state index is 13.4. The monoisotopic (exact) mass is 392 g/mol. The third kappa shape index (κ3) is 6.78. The van der Waals surface area contributed by atoms with Gasteiger partial charge in [0.1, 0.15) is 5.82 Å². The number of benzene rings is 1. The molecule has 1 aliphatic heterocycles. The first-order valence-electron chi connectivity index (χ1n) is 10.1. The quantitative estimate of drug-likeness (QED) is 0.676. The topological polar surface area (TPSA) is 78.7 Å². The van der Waals surface area contributed by atoms with Crippen LogP contribution in [-0.4, -0.2) is 55.5 Å². The molecule has 0 aliphatic carbocycles. The molecule has 156 valence electrons. The normalized spacial score (nSPS) is 16.2. The molecule has 0 radical (unpaired) electrons. The molecule has 0 aromatic heterocycles. The number of halogens is 1. The summed E-state index contributed by atoms with van der Waals surface area (Å²) >= 11 is 0.